The largest absolute Gasteiger partial charge is 0.772 e. The highest BCUT2D eigenvalue weighted by atomic mass is 32.2. The van der Waals surface area contributed by atoms with Gasteiger partial charge in [-0.15, -0.1) is 0 Å². The summed E-state index contributed by atoms with van der Waals surface area (Å²) in [7, 11) is -5.18. The Morgan fingerprint density at radius 2 is 2.27 bits per heavy atom. The van der Waals surface area contributed by atoms with Gasteiger partial charge in [0.2, 0.25) is 0 Å². The molecule has 1 heterocycles. The zero-order valence-corrected chi connectivity index (χ0v) is 13.3. The molecule has 0 aromatic carbocycles. The minimum Gasteiger partial charge on any atom is -0.772 e. The molecule has 0 spiro atoms. The topological polar surface area (TPSA) is 148 Å². The van der Waals surface area contributed by atoms with E-state index >= 15 is 0 Å². The summed E-state index contributed by atoms with van der Waals surface area (Å²) in [5, 5.41) is 9.05. The first-order valence-corrected chi connectivity index (χ1v) is 8.99. The fourth-order valence-electron chi connectivity index (χ4n) is 1.48. The van der Waals surface area contributed by atoms with E-state index < -0.39 is 58.8 Å². The Morgan fingerprint density at radius 1 is 1.59 bits per heavy atom. The molecule has 0 aliphatic carbocycles. The van der Waals surface area contributed by atoms with Gasteiger partial charge in [0.05, 0.1) is 32.0 Å². The fraction of sp³-hybridized carbons (Fsp3) is 0.889. The second kappa shape index (κ2) is 9.03. The maximum absolute atomic E-state index is 11.2. The van der Waals surface area contributed by atoms with Crippen LogP contribution in [-0.4, -0.2) is 78.9 Å². The van der Waals surface area contributed by atoms with E-state index in [1.807, 2.05) is 0 Å². The van der Waals surface area contributed by atoms with Crippen LogP contribution in [0.3, 0.4) is 0 Å². The molecule has 3 unspecified atom stereocenters. The third-order valence-corrected chi connectivity index (χ3v) is 4.30. The van der Waals surface area contributed by atoms with E-state index in [0.29, 0.717) is 0 Å². The fourth-order valence-corrected chi connectivity index (χ4v) is 3.05. The van der Waals surface area contributed by atoms with E-state index in [9.17, 15) is 22.0 Å². The van der Waals surface area contributed by atoms with Crippen molar-refractivity contribution < 1.29 is 45.2 Å². The first-order chi connectivity index (χ1) is 10.2. The number of ketones is 1. The molecule has 1 aliphatic heterocycles. The van der Waals surface area contributed by atoms with E-state index in [1.54, 1.807) is 0 Å². The van der Waals surface area contributed by atoms with Crippen LogP contribution < -0.4 is 0 Å². The van der Waals surface area contributed by atoms with Crippen molar-refractivity contribution in [1.82, 2.24) is 0 Å². The molecule has 128 valence electrons. The molecule has 22 heavy (non-hydrogen) atoms. The number of Topliss-reactive ketones (excluding diaryl/α,β-unsaturated/α-hetero) is 1. The minimum atomic E-state index is -3.68. The summed E-state index contributed by atoms with van der Waals surface area (Å²) < 4.78 is 63.3. The summed E-state index contributed by atoms with van der Waals surface area (Å²) in [5.74, 6) is -1.28. The summed E-state index contributed by atoms with van der Waals surface area (Å²) >= 11 is -2.47. The van der Waals surface area contributed by atoms with Crippen LogP contribution in [0.4, 0.5) is 0 Å². The van der Waals surface area contributed by atoms with Gasteiger partial charge in [-0.3, -0.25) is 13.2 Å². The SMILES string of the molecule is CC(=O)COB(OC(CO)CS(=O)[O-])OC1COS(=O)(=O)C1. The van der Waals surface area contributed by atoms with Gasteiger partial charge in [0, 0.05) is 5.75 Å². The van der Waals surface area contributed by atoms with E-state index in [-0.39, 0.29) is 19.0 Å². The number of carbonyl (C=O) groups excluding carboxylic acids is 1. The maximum Gasteiger partial charge on any atom is 0.640 e. The van der Waals surface area contributed by atoms with Gasteiger partial charge < -0.3 is 23.6 Å². The normalized spacial score (nSPS) is 23.1. The van der Waals surface area contributed by atoms with Crippen LogP contribution in [0.5, 0.6) is 0 Å². The Bertz CT molecular complexity index is 495. The van der Waals surface area contributed by atoms with E-state index in [4.69, 9.17) is 19.1 Å². The number of hydrogen-bond donors (Lipinski definition) is 1. The van der Waals surface area contributed by atoms with Crippen LogP contribution in [0, 0.1) is 0 Å². The third kappa shape index (κ3) is 7.74. The minimum absolute atomic E-state index is 0.247. The molecule has 0 amide bonds. The Balaban J connectivity index is 2.62. The van der Waals surface area contributed by atoms with E-state index in [0.717, 1.165) is 0 Å². The van der Waals surface area contributed by atoms with Crippen molar-refractivity contribution in [2.45, 2.75) is 19.1 Å². The van der Waals surface area contributed by atoms with Gasteiger partial charge in [0.15, 0.2) is 5.78 Å². The summed E-state index contributed by atoms with van der Waals surface area (Å²) in [6.07, 6.45) is -2.03. The molecular formula is C9H16BO10S2-. The van der Waals surface area contributed by atoms with Gasteiger partial charge in [0.1, 0.15) is 5.75 Å². The number of carbonyl (C=O) groups is 1. The number of rotatable bonds is 10. The predicted octanol–water partition coefficient (Wildman–Crippen LogP) is -2.42. The van der Waals surface area contributed by atoms with Crippen LogP contribution >= 0.6 is 0 Å². The van der Waals surface area contributed by atoms with Gasteiger partial charge in [-0.25, -0.2) is 0 Å². The van der Waals surface area contributed by atoms with Crippen LogP contribution in [0.1, 0.15) is 6.92 Å². The first-order valence-electron chi connectivity index (χ1n) is 6.17. The summed E-state index contributed by atoms with van der Waals surface area (Å²) in [6, 6.07) is 0. The van der Waals surface area contributed by atoms with Gasteiger partial charge in [0.25, 0.3) is 10.1 Å². The number of hydrogen-bond acceptors (Lipinski definition) is 10. The van der Waals surface area contributed by atoms with Gasteiger partial charge in [-0.2, -0.15) is 8.42 Å². The quantitative estimate of drug-likeness (QED) is 0.254. The van der Waals surface area contributed by atoms with Gasteiger partial charge in [-0.05, 0) is 6.92 Å². The predicted molar refractivity (Wildman–Crippen MR) is 72.7 cm³/mol. The lowest BCUT2D eigenvalue weighted by Gasteiger charge is -2.22. The standard InChI is InChI=1S/C9H17BO10S2/c1-7(12)3-17-10(19-8(2-11)5-21(13)14)20-9-4-18-22(15,16)6-9/h8-9,11H,2-6H2,1H3,(H,13,14)/p-1. The van der Waals surface area contributed by atoms with Crippen LogP contribution in [0.2, 0.25) is 0 Å². The molecule has 1 rings (SSSR count). The molecular weight excluding hydrogens is 343 g/mol. The lowest BCUT2D eigenvalue weighted by Crippen LogP contribution is -2.40. The molecule has 10 nitrogen and oxygen atoms in total. The average Bonchev–Trinajstić information content (AvgIpc) is 2.73. The highest BCUT2D eigenvalue weighted by Gasteiger charge is 2.36. The monoisotopic (exact) mass is 359 g/mol. The first kappa shape index (κ1) is 19.6. The molecule has 0 radical (unpaired) electrons. The maximum atomic E-state index is 11.2. The smallest absolute Gasteiger partial charge is 0.640 e. The number of aliphatic hydroxyl groups is 1. The molecule has 1 saturated heterocycles. The average molecular weight is 359 g/mol. The zero-order chi connectivity index (χ0) is 16.8. The second-order valence-electron chi connectivity index (χ2n) is 4.48. The van der Waals surface area contributed by atoms with E-state index in [2.05, 4.69) is 4.18 Å². The molecule has 0 bridgehead atoms. The molecule has 13 heteroatoms. The van der Waals surface area contributed by atoms with Crippen molar-refractivity contribution in [3.63, 3.8) is 0 Å². The Kier molecular flexibility index (Phi) is 8.06. The lowest BCUT2D eigenvalue weighted by atomic mass is 10.2. The summed E-state index contributed by atoms with van der Waals surface area (Å²) in [5.41, 5.74) is 0. The van der Waals surface area contributed by atoms with Crippen LogP contribution in [0.15, 0.2) is 0 Å². The second-order valence-corrected chi connectivity index (χ2v) is 7.10. The van der Waals surface area contributed by atoms with Crippen LogP contribution in [0.25, 0.3) is 0 Å². The Hall–Kier alpha value is -0.405. The van der Waals surface area contributed by atoms with Crippen molar-refractivity contribution in [3.05, 3.63) is 0 Å². The third-order valence-electron chi connectivity index (χ3n) is 2.38. The molecule has 1 N–H and O–H groups in total. The highest BCUT2D eigenvalue weighted by molar-refractivity contribution is 7.87. The van der Waals surface area contributed by atoms with Crippen molar-refractivity contribution in [2.75, 3.05) is 31.3 Å². The van der Waals surface area contributed by atoms with Gasteiger partial charge >= 0.3 is 7.32 Å². The Morgan fingerprint density at radius 3 is 2.73 bits per heavy atom. The van der Waals surface area contributed by atoms with Crippen LogP contribution in [-0.2, 0) is 44.1 Å². The zero-order valence-electron chi connectivity index (χ0n) is 11.7. The highest BCUT2D eigenvalue weighted by Crippen LogP contribution is 2.14. The molecule has 1 fully saturated rings. The molecule has 0 aromatic heterocycles. The molecule has 1 aliphatic rings. The van der Waals surface area contributed by atoms with Gasteiger partial charge in [-0.1, -0.05) is 11.1 Å². The molecule has 3 atom stereocenters. The lowest BCUT2D eigenvalue weighted by molar-refractivity contribution is -0.120. The molecule has 0 aromatic rings. The molecule has 0 saturated carbocycles. The van der Waals surface area contributed by atoms with Crippen molar-refractivity contribution >= 4 is 34.3 Å². The summed E-state index contributed by atoms with van der Waals surface area (Å²) in [4.78, 5) is 10.9. The summed E-state index contributed by atoms with van der Waals surface area (Å²) in [6.45, 7) is -0.0142. The van der Waals surface area contributed by atoms with Crippen molar-refractivity contribution in [2.24, 2.45) is 0 Å². The van der Waals surface area contributed by atoms with Crippen molar-refractivity contribution in [3.8, 4) is 0 Å². The van der Waals surface area contributed by atoms with Crippen molar-refractivity contribution in [1.29, 1.82) is 0 Å². The Labute approximate surface area is 130 Å². The number of aliphatic hydroxyl groups excluding tert-OH is 1. The van der Waals surface area contributed by atoms with E-state index in [1.165, 1.54) is 6.92 Å².